The fraction of sp³-hybridized carbons (Fsp3) is 1.00. The van der Waals surface area contributed by atoms with Gasteiger partial charge in [-0.2, -0.15) is 0 Å². The van der Waals surface area contributed by atoms with Gasteiger partial charge in [-0.25, -0.2) is 0 Å². The minimum Gasteiger partial charge on any atom is -0.317 e. The van der Waals surface area contributed by atoms with Gasteiger partial charge in [-0.15, -0.1) is 0 Å². The van der Waals surface area contributed by atoms with Crippen molar-refractivity contribution < 1.29 is 0 Å². The highest BCUT2D eigenvalue weighted by Crippen LogP contribution is 2.08. The standard InChI is InChI=1S/C13H29N3/c1-4-7-14-8-6-9-15-10-11-16(5-2)13(3)12-15/h13-14H,4-12H2,1-3H3. The summed E-state index contributed by atoms with van der Waals surface area (Å²) >= 11 is 0. The van der Waals surface area contributed by atoms with Crippen LogP contribution in [0.15, 0.2) is 0 Å². The van der Waals surface area contributed by atoms with E-state index in [9.17, 15) is 0 Å². The Balaban J connectivity index is 2.06. The van der Waals surface area contributed by atoms with Crippen molar-refractivity contribution in [2.75, 3.05) is 45.8 Å². The number of hydrogen-bond donors (Lipinski definition) is 1. The Bertz CT molecular complexity index is 173. The number of piperazine rings is 1. The maximum absolute atomic E-state index is 3.47. The number of hydrogen-bond acceptors (Lipinski definition) is 3. The first-order valence-corrected chi connectivity index (χ1v) is 6.95. The summed E-state index contributed by atoms with van der Waals surface area (Å²) in [4.78, 5) is 5.19. The molecule has 1 aliphatic rings. The summed E-state index contributed by atoms with van der Waals surface area (Å²) in [5.41, 5.74) is 0. The zero-order valence-electron chi connectivity index (χ0n) is 11.3. The maximum atomic E-state index is 3.47. The minimum absolute atomic E-state index is 0.738. The molecule has 1 aliphatic heterocycles. The molecular weight excluding hydrogens is 198 g/mol. The SMILES string of the molecule is CCCNCCCN1CCN(CC)C(C)C1. The molecule has 0 saturated carbocycles. The summed E-state index contributed by atoms with van der Waals surface area (Å²) < 4.78 is 0. The van der Waals surface area contributed by atoms with Gasteiger partial charge in [-0.05, 0) is 45.9 Å². The Labute approximate surface area is 101 Å². The van der Waals surface area contributed by atoms with E-state index in [-0.39, 0.29) is 0 Å². The smallest absolute Gasteiger partial charge is 0.0195 e. The average molecular weight is 227 g/mol. The molecule has 0 aliphatic carbocycles. The van der Waals surface area contributed by atoms with Crippen LogP contribution in [0, 0.1) is 0 Å². The summed E-state index contributed by atoms with van der Waals surface area (Å²) in [5.74, 6) is 0. The van der Waals surface area contributed by atoms with Crippen molar-refractivity contribution in [1.29, 1.82) is 0 Å². The van der Waals surface area contributed by atoms with Crippen LogP contribution < -0.4 is 5.32 Å². The van der Waals surface area contributed by atoms with Crippen LogP contribution in [0.2, 0.25) is 0 Å². The highest BCUT2D eigenvalue weighted by atomic mass is 15.3. The van der Waals surface area contributed by atoms with Crippen LogP contribution in [-0.2, 0) is 0 Å². The average Bonchev–Trinajstić information content (AvgIpc) is 2.29. The molecule has 1 heterocycles. The van der Waals surface area contributed by atoms with E-state index in [0.717, 1.165) is 6.04 Å². The second-order valence-electron chi connectivity index (χ2n) is 4.88. The normalized spacial score (nSPS) is 23.8. The molecule has 1 saturated heterocycles. The fourth-order valence-electron chi connectivity index (χ4n) is 2.47. The minimum atomic E-state index is 0.738. The van der Waals surface area contributed by atoms with Gasteiger partial charge in [0.25, 0.3) is 0 Å². The molecule has 0 aromatic heterocycles. The number of nitrogens with one attached hydrogen (secondary N) is 1. The summed E-state index contributed by atoms with van der Waals surface area (Å²) in [7, 11) is 0. The van der Waals surface area contributed by atoms with Crippen LogP contribution in [0.4, 0.5) is 0 Å². The Morgan fingerprint density at radius 2 is 2.00 bits per heavy atom. The van der Waals surface area contributed by atoms with Crippen molar-refractivity contribution >= 4 is 0 Å². The van der Waals surface area contributed by atoms with Crippen molar-refractivity contribution in [2.45, 2.75) is 39.7 Å². The summed E-state index contributed by atoms with van der Waals surface area (Å²) in [6.07, 6.45) is 2.53. The molecule has 0 radical (unpaired) electrons. The van der Waals surface area contributed by atoms with E-state index < -0.39 is 0 Å². The summed E-state index contributed by atoms with van der Waals surface area (Å²) in [6, 6.07) is 0.738. The van der Waals surface area contributed by atoms with Gasteiger partial charge in [-0.1, -0.05) is 13.8 Å². The van der Waals surface area contributed by atoms with E-state index in [4.69, 9.17) is 0 Å². The largest absolute Gasteiger partial charge is 0.317 e. The van der Waals surface area contributed by atoms with Crippen LogP contribution >= 0.6 is 0 Å². The van der Waals surface area contributed by atoms with Gasteiger partial charge in [0.05, 0.1) is 0 Å². The first-order chi connectivity index (χ1) is 7.77. The molecule has 0 bridgehead atoms. The van der Waals surface area contributed by atoms with Crippen molar-refractivity contribution in [3.63, 3.8) is 0 Å². The van der Waals surface area contributed by atoms with E-state index in [0.29, 0.717) is 0 Å². The van der Waals surface area contributed by atoms with Gasteiger partial charge in [0, 0.05) is 25.7 Å². The third-order valence-electron chi connectivity index (χ3n) is 3.51. The van der Waals surface area contributed by atoms with Crippen molar-refractivity contribution in [1.82, 2.24) is 15.1 Å². The zero-order chi connectivity index (χ0) is 11.8. The maximum Gasteiger partial charge on any atom is 0.0195 e. The molecule has 1 unspecified atom stereocenters. The predicted molar refractivity (Wildman–Crippen MR) is 70.9 cm³/mol. The zero-order valence-corrected chi connectivity index (χ0v) is 11.3. The molecule has 0 amide bonds. The summed E-state index contributed by atoms with van der Waals surface area (Å²) in [5, 5.41) is 3.47. The molecule has 0 spiro atoms. The van der Waals surface area contributed by atoms with E-state index in [1.165, 1.54) is 58.7 Å². The Kier molecular flexibility index (Phi) is 7.01. The second kappa shape index (κ2) is 8.04. The molecule has 96 valence electrons. The molecule has 16 heavy (non-hydrogen) atoms. The molecule has 1 fully saturated rings. The van der Waals surface area contributed by atoms with Gasteiger partial charge in [0.1, 0.15) is 0 Å². The molecule has 1 atom stereocenters. The van der Waals surface area contributed by atoms with Crippen LogP contribution in [-0.4, -0.2) is 61.7 Å². The lowest BCUT2D eigenvalue weighted by Gasteiger charge is -2.39. The monoisotopic (exact) mass is 227 g/mol. The first kappa shape index (κ1) is 13.9. The number of rotatable bonds is 7. The van der Waals surface area contributed by atoms with Crippen LogP contribution in [0.25, 0.3) is 0 Å². The number of nitrogens with zero attached hydrogens (tertiary/aromatic N) is 2. The lowest BCUT2D eigenvalue weighted by molar-refractivity contribution is 0.0874. The van der Waals surface area contributed by atoms with Gasteiger partial charge >= 0.3 is 0 Å². The molecule has 3 heteroatoms. The Morgan fingerprint density at radius 1 is 1.19 bits per heavy atom. The van der Waals surface area contributed by atoms with E-state index in [2.05, 4.69) is 35.9 Å². The fourth-order valence-corrected chi connectivity index (χ4v) is 2.47. The van der Waals surface area contributed by atoms with Gasteiger partial charge in [-0.3, -0.25) is 4.90 Å². The van der Waals surface area contributed by atoms with Gasteiger partial charge < -0.3 is 10.2 Å². The van der Waals surface area contributed by atoms with Crippen LogP contribution in [0.5, 0.6) is 0 Å². The van der Waals surface area contributed by atoms with Crippen LogP contribution in [0.1, 0.15) is 33.6 Å². The second-order valence-corrected chi connectivity index (χ2v) is 4.88. The molecule has 1 N–H and O–H groups in total. The first-order valence-electron chi connectivity index (χ1n) is 6.95. The van der Waals surface area contributed by atoms with E-state index >= 15 is 0 Å². The van der Waals surface area contributed by atoms with Crippen molar-refractivity contribution in [3.8, 4) is 0 Å². The van der Waals surface area contributed by atoms with Crippen molar-refractivity contribution in [3.05, 3.63) is 0 Å². The molecule has 1 rings (SSSR count). The highest BCUT2D eigenvalue weighted by Gasteiger charge is 2.21. The van der Waals surface area contributed by atoms with E-state index in [1.807, 2.05) is 0 Å². The Morgan fingerprint density at radius 3 is 2.62 bits per heavy atom. The number of likely N-dealkylation sites (N-methyl/N-ethyl adjacent to an activating group) is 1. The third-order valence-corrected chi connectivity index (χ3v) is 3.51. The van der Waals surface area contributed by atoms with Gasteiger partial charge in [0.2, 0.25) is 0 Å². The Hall–Kier alpha value is -0.120. The van der Waals surface area contributed by atoms with Crippen molar-refractivity contribution in [2.24, 2.45) is 0 Å². The lowest BCUT2D eigenvalue weighted by Crippen LogP contribution is -2.51. The quantitative estimate of drug-likeness (QED) is 0.663. The third kappa shape index (κ3) is 4.81. The summed E-state index contributed by atoms with van der Waals surface area (Å²) in [6.45, 7) is 15.4. The van der Waals surface area contributed by atoms with Crippen LogP contribution in [0.3, 0.4) is 0 Å². The molecule has 0 aromatic rings. The van der Waals surface area contributed by atoms with Gasteiger partial charge in [0.15, 0.2) is 0 Å². The highest BCUT2D eigenvalue weighted by molar-refractivity contribution is 4.78. The lowest BCUT2D eigenvalue weighted by atomic mass is 10.2. The molecule has 3 nitrogen and oxygen atoms in total. The molecule has 0 aromatic carbocycles. The van der Waals surface area contributed by atoms with E-state index in [1.54, 1.807) is 0 Å². The predicted octanol–water partition coefficient (Wildman–Crippen LogP) is 1.40. The topological polar surface area (TPSA) is 18.5 Å². The molecular formula is C13H29N3.